The van der Waals surface area contributed by atoms with Crippen LogP contribution < -0.4 is 15.5 Å². The molecule has 3 aromatic rings. The Hall–Kier alpha value is -4.82. The number of carbonyl (C=O) groups excluding carboxylic acids is 4. The van der Waals surface area contributed by atoms with Crippen molar-refractivity contribution in [2.45, 2.75) is 38.7 Å². The Morgan fingerprint density at radius 1 is 1.00 bits per heavy atom. The van der Waals surface area contributed by atoms with Crippen LogP contribution in [0, 0.1) is 18.3 Å². The van der Waals surface area contributed by atoms with Crippen LogP contribution in [0.5, 0.6) is 0 Å². The highest BCUT2D eigenvalue weighted by atomic mass is 16.5. The first-order chi connectivity index (χ1) is 21.4. The highest BCUT2D eigenvalue weighted by molar-refractivity contribution is 6.10. The molecule has 0 saturated carbocycles. The highest BCUT2D eigenvalue weighted by Gasteiger charge is 2.52. The summed E-state index contributed by atoms with van der Waals surface area (Å²) in [5.74, 6) is -1.28. The summed E-state index contributed by atoms with van der Waals surface area (Å²) in [6, 6.07) is 22.2. The zero-order valence-electron chi connectivity index (χ0n) is 24.6. The third kappa shape index (κ3) is 5.61. The molecule has 0 radical (unpaired) electrons. The van der Waals surface area contributed by atoms with Gasteiger partial charge in [-0.3, -0.25) is 24.5 Å². The molecule has 0 aromatic heterocycles. The molecule has 3 unspecified atom stereocenters. The van der Waals surface area contributed by atoms with E-state index in [1.165, 1.54) is 0 Å². The fourth-order valence-electron chi connectivity index (χ4n) is 6.44. The van der Waals surface area contributed by atoms with Gasteiger partial charge in [0, 0.05) is 41.2 Å². The number of nitrogens with one attached hydrogen (secondary N) is 2. The van der Waals surface area contributed by atoms with Crippen molar-refractivity contribution in [2.24, 2.45) is 11.3 Å². The van der Waals surface area contributed by atoms with E-state index in [1.807, 2.05) is 67.6 Å². The van der Waals surface area contributed by atoms with E-state index in [-0.39, 0.29) is 29.7 Å². The fraction of sp³-hybridized carbons (Fsp3) is 0.278. The molecule has 3 aliphatic rings. The summed E-state index contributed by atoms with van der Waals surface area (Å²) in [5.41, 5.74) is 3.56. The second-order valence-electron chi connectivity index (χ2n) is 11.5. The predicted octanol–water partition coefficient (Wildman–Crippen LogP) is 5.91. The van der Waals surface area contributed by atoms with E-state index in [0.717, 1.165) is 29.7 Å². The number of amides is 4. The zero-order chi connectivity index (χ0) is 30.7. The summed E-state index contributed by atoms with van der Waals surface area (Å²) >= 11 is 0. The van der Waals surface area contributed by atoms with Gasteiger partial charge in [-0.1, -0.05) is 60.7 Å². The van der Waals surface area contributed by atoms with E-state index in [2.05, 4.69) is 10.6 Å². The minimum Gasteiger partial charge on any atom is -0.373 e. The summed E-state index contributed by atoms with van der Waals surface area (Å²) < 4.78 is 6.38. The molecule has 1 fully saturated rings. The van der Waals surface area contributed by atoms with Crippen LogP contribution in [0.3, 0.4) is 0 Å². The van der Waals surface area contributed by atoms with Crippen molar-refractivity contribution in [3.05, 3.63) is 119 Å². The van der Waals surface area contributed by atoms with Crippen LogP contribution in [0.25, 0.3) is 0 Å². The highest BCUT2D eigenvalue weighted by Crippen LogP contribution is 2.43. The van der Waals surface area contributed by atoms with Gasteiger partial charge >= 0.3 is 0 Å². The molecule has 0 bridgehead atoms. The second-order valence-corrected chi connectivity index (χ2v) is 11.5. The lowest BCUT2D eigenvalue weighted by Gasteiger charge is -2.28. The van der Waals surface area contributed by atoms with E-state index < -0.39 is 11.3 Å². The molecule has 1 aliphatic carbocycles. The number of para-hydroxylation sites is 1. The average Bonchev–Trinajstić information content (AvgIpc) is 3.17. The van der Waals surface area contributed by atoms with Gasteiger partial charge < -0.3 is 15.0 Å². The Kier molecular flexibility index (Phi) is 8.26. The number of fused-ring (bicyclic) bond motifs is 2. The topological polar surface area (TPSA) is 105 Å². The molecule has 1 saturated heterocycles. The monoisotopic (exact) mass is 589 g/mol. The van der Waals surface area contributed by atoms with Gasteiger partial charge in [0.1, 0.15) is 0 Å². The molecule has 2 heterocycles. The Balaban J connectivity index is 1.11. The van der Waals surface area contributed by atoms with Crippen LogP contribution in [-0.4, -0.2) is 36.8 Å². The molecule has 44 heavy (non-hydrogen) atoms. The number of hydrogen-bond donors (Lipinski definition) is 2. The SMILES string of the molecule is Cc1ccccc1C(=O)Nc1ccc(C(=O)N2CCCC(OCCCC34C=CC=CC3C(=O)NC4=O)c3ccccc32)cc1. The first-order valence-electron chi connectivity index (χ1n) is 15.1. The normalized spacial score (nSPS) is 22.2. The lowest BCUT2D eigenvalue weighted by atomic mass is 9.71. The summed E-state index contributed by atoms with van der Waals surface area (Å²) in [5, 5.41) is 5.39. The lowest BCUT2D eigenvalue weighted by molar-refractivity contribution is -0.127. The van der Waals surface area contributed by atoms with Crippen molar-refractivity contribution >= 4 is 35.0 Å². The van der Waals surface area contributed by atoms with Crippen LogP contribution in [0.4, 0.5) is 11.4 Å². The van der Waals surface area contributed by atoms with Crippen molar-refractivity contribution in [3.63, 3.8) is 0 Å². The molecule has 8 nitrogen and oxygen atoms in total. The Labute approximate surface area is 256 Å². The minimum absolute atomic E-state index is 0.117. The Morgan fingerprint density at radius 3 is 2.59 bits per heavy atom. The third-order valence-electron chi connectivity index (χ3n) is 8.81. The first-order valence-corrected chi connectivity index (χ1v) is 15.1. The van der Waals surface area contributed by atoms with Gasteiger partial charge in [0.15, 0.2) is 0 Å². The molecule has 2 N–H and O–H groups in total. The first kappa shape index (κ1) is 29.3. The van der Waals surface area contributed by atoms with Crippen LogP contribution in [0.15, 0.2) is 97.1 Å². The quantitative estimate of drug-likeness (QED) is 0.251. The molecule has 0 spiro atoms. The molecule has 3 atom stereocenters. The molecule has 3 aromatic carbocycles. The molecule has 224 valence electrons. The van der Waals surface area contributed by atoms with E-state index in [0.29, 0.717) is 42.8 Å². The number of imide groups is 1. The number of benzene rings is 3. The molecule has 2 aliphatic heterocycles. The van der Waals surface area contributed by atoms with Crippen LogP contribution in [0.2, 0.25) is 0 Å². The van der Waals surface area contributed by atoms with Crippen molar-refractivity contribution in [2.75, 3.05) is 23.4 Å². The average molecular weight is 590 g/mol. The maximum Gasteiger partial charge on any atom is 0.258 e. The number of allylic oxidation sites excluding steroid dienone is 2. The zero-order valence-corrected chi connectivity index (χ0v) is 24.6. The van der Waals surface area contributed by atoms with Crippen molar-refractivity contribution < 1.29 is 23.9 Å². The van der Waals surface area contributed by atoms with E-state index in [9.17, 15) is 19.2 Å². The Morgan fingerprint density at radius 2 is 1.77 bits per heavy atom. The van der Waals surface area contributed by atoms with Crippen LogP contribution in [-0.2, 0) is 14.3 Å². The van der Waals surface area contributed by atoms with Crippen LogP contribution in [0.1, 0.15) is 63.6 Å². The number of ether oxygens (including phenoxy) is 1. The number of rotatable bonds is 8. The van der Waals surface area contributed by atoms with Gasteiger partial charge in [0.05, 0.1) is 17.4 Å². The second kappa shape index (κ2) is 12.4. The summed E-state index contributed by atoms with van der Waals surface area (Å²) in [6.45, 7) is 2.87. The minimum atomic E-state index is -0.849. The standard InChI is InChI=1S/C36H35N3O5/c1-24-10-2-3-11-27(24)32(40)37-26-18-16-25(17-19-26)34(42)39-22-8-15-31(28-12-4-5-14-30(28)39)44-23-9-21-36-20-7-6-13-29(36)33(41)38-35(36)43/h2-7,10-14,16-20,29,31H,8-9,15,21-23H2,1H3,(H,37,40)(H,38,41,43). The van der Waals surface area contributed by atoms with Crippen molar-refractivity contribution in [3.8, 4) is 0 Å². The molecular weight excluding hydrogens is 554 g/mol. The number of nitrogens with zero attached hydrogens (tertiary/aromatic N) is 1. The molecular formula is C36H35N3O5. The van der Waals surface area contributed by atoms with Gasteiger partial charge in [-0.15, -0.1) is 0 Å². The van der Waals surface area contributed by atoms with Gasteiger partial charge in [-0.2, -0.15) is 0 Å². The summed E-state index contributed by atoms with van der Waals surface area (Å²) in [7, 11) is 0. The Bertz CT molecular complexity index is 1660. The van der Waals surface area contributed by atoms with E-state index in [4.69, 9.17) is 4.74 Å². The molecule has 8 heteroatoms. The largest absolute Gasteiger partial charge is 0.373 e. The number of hydrogen-bond acceptors (Lipinski definition) is 5. The maximum atomic E-state index is 13.7. The maximum absolute atomic E-state index is 13.7. The predicted molar refractivity (Wildman–Crippen MR) is 168 cm³/mol. The molecule has 4 amide bonds. The third-order valence-corrected chi connectivity index (χ3v) is 8.81. The van der Waals surface area contributed by atoms with Crippen molar-refractivity contribution in [1.29, 1.82) is 0 Å². The van der Waals surface area contributed by atoms with Gasteiger partial charge in [-0.25, -0.2) is 0 Å². The van der Waals surface area contributed by atoms with Crippen molar-refractivity contribution in [1.82, 2.24) is 5.32 Å². The molecule has 6 rings (SSSR count). The number of anilines is 2. The van der Waals surface area contributed by atoms with E-state index in [1.54, 1.807) is 41.3 Å². The van der Waals surface area contributed by atoms with Gasteiger partial charge in [0.25, 0.3) is 11.8 Å². The lowest BCUT2D eigenvalue weighted by Crippen LogP contribution is -2.34. The van der Waals surface area contributed by atoms with E-state index >= 15 is 0 Å². The smallest absolute Gasteiger partial charge is 0.258 e. The fourth-order valence-corrected chi connectivity index (χ4v) is 6.44. The van der Waals surface area contributed by atoms with Gasteiger partial charge in [0.2, 0.25) is 11.8 Å². The summed E-state index contributed by atoms with van der Waals surface area (Å²) in [4.78, 5) is 53.2. The van der Waals surface area contributed by atoms with Gasteiger partial charge in [-0.05, 0) is 74.6 Å². The number of carbonyl (C=O) groups is 4. The number of aryl methyl sites for hydroxylation is 1. The summed E-state index contributed by atoms with van der Waals surface area (Å²) in [6.07, 6.45) is 9.71. The van der Waals surface area contributed by atoms with Crippen LogP contribution >= 0.6 is 0 Å².